The maximum absolute atomic E-state index is 3.96. The van der Waals surface area contributed by atoms with Gasteiger partial charge < -0.3 is 5.32 Å². The minimum Gasteiger partial charge on any atom is -0.308 e. The van der Waals surface area contributed by atoms with Crippen LogP contribution in [0.5, 0.6) is 0 Å². The fourth-order valence-corrected chi connectivity index (χ4v) is 2.76. The van der Waals surface area contributed by atoms with Crippen molar-refractivity contribution in [3.63, 3.8) is 0 Å². The van der Waals surface area contributed by atoms with E-state index in [0.717, 1.165) is 18.4 Å². The quantitative estimate of drug-likeness (QED) is 0.820. The Balaban J connectivity index is 1.76. The first-order chi connectivity index (χ1) is 7.75. The summed E-state index contributed by atoms with van der Waals surface area (Å²) >= 11 is 0. The standard InChI is InChI=1S/C13H23N3/c1-10-4-3-5-12(8-10)11(2)14-9-13-6-7-15-16-13/h6-7,10-12,14H,3-5,8-9H2,1-2H3,(H,15,16). The van der Waals surface area contributed by atoms with Gasteiger partial charge in [-0.25, -0.2) is 0 Å². The lowest BCUT2D eigenvalue weighted by atomic mass is 9.79. The molecular weight excluding hydrogens is 198 g/mol. The molecule has 3 nitrogen and oxygen atoms in total. The average molecular weight is 221 g/mol. The number of hydrogen-bond donors (Lipinski definition) is 2. The molecule has 2 N–H and O–H groups in total. The molecule has 3 atom stereocenters. The summed E-state index contributed by atoms with van der Waals surface area (Å²) in [6.07, 6.45) is 7.41. The summed E-state index contributed by atoms with van der Waals surface area (Å²) < 4.78 is 0. The zero-order valence-electron chi connectivity index (χ0n) is 10.4. The second kappa shape index (κ2) is 5.48. The van der Waals surface area contributed by atoms with E-state index in [1.54, 1.807) is 0 Å². The van der Waals surface area contributed by atoms with Gasteiger partial charge in [-0.1, -0.05) is 19.8 Å². The van der Waals surface area contributed by atoms with E-state index in [9.17, 15) is 0 Å². The van der Waals surface area contributed by atoms with Gasteiger partial charge in [0.25, 0.3) is 0 Å². The summed E-state index contributed by atoms with van der Waals surface area (Å²) in [6, 6.07) is 2.65. The Kier molecular flexibility index (Phi) is 3.99. The molecule has 16 heavy (non-hydrogen) atoms. The summed E-state index contributed by atoms with van der Waals surface area (Å²) in [5.74, 6) is 1.77. The second-order valence-electron chi connectivity index (χ2n) is 5.28. The van der Waals surface area contributed by atoms with Crippen molar-refractivity contribution in [3.8, 4) is 0 Å². The maximum atomic E-state index is 3.96. The highest BCUT2D eigenvalue weighted by atomic mass is 15.1. The van der Waals surface area contributed by atoms with Crippen LogP contribution in [0.2, 0.25) is 0 Å². The van der Waals surface area contributed by atoms with Gasteiger partial charge in [-0.15, -0.1) is 0 Å². The zero-order valence-corrected chi connectivity index (χ0v) is 10.4. The van der Waals surface area contributed by atoms with Crippen LogP contribution in [0.15, 0.2) is 12.3 Å². The molecule has 1 aromatic rings. The lowest BCUT2D eigenvalue weighted by Crippen LogP contribution is -2.35. The Morgan fingerprint density at radius 1 is 1.56 bits per heavy atom. The van der Waals surface area contributed by atoms with Crippen molar-refractivity contribution in [2.75, 3.05) is 0 Å². The Morgan fingerprint density at radius 2 is 2.44 bits per heavy atom. The smallest absolute Gasteiger partial charge is 0.0490 e. The van der Waals surface area contributed by atoms with Crippen molar-refractivity contribution in [1.82, 2.24) is 15.5 Å². The van der Waals surface area contributed by atoms with Crippen LogP contribution < -0.4 is 5.32 Å². The van der Waals surface area contributed by atoms with E-state index >= 15 is 0 Å². The first kappa shape index (κ1) is 11.6. The third kappa shape index (κ3) is 3.08. The number of nitrogens with zero attached hydrogens (tertiary/aromatic N) is 1. The number of rotatable bonds is 4. The lowest BCUT2D eigenvalue weighted by Gasteiger charge is -2.31. The number of aromatic nitrogens is 2. The fraction of sp³-hybridized carbons (Fsp3) is 0.769. The van der Waals surface area contributed by atoms with E-state index in [1.165, 1.54) is 31.4 Å². The molecule has 0 radical (unpaired) electrons. The van der Waals surface area contributed by atoms with E-state index < -0.39 is 0 Å². The Bertz CT molecular complexity index is 294. The predicted octanol–water partition coefficient (Wildman–Crippen LogP) is 2.71. The second-order valence-corrected chi connectivity index (χ2v) is 5.28. The molecule has 3 unspecified atom stereocenters. The molecule has 0 aliphatic heterocycles. The van der Waals surface area contributed by atoms with Gasteiger partial charge in [0.2, 0.25) is 0 Å². The van der Waals surface area contributed by atoms with E-state index in [4.69, 9.17) is 0 Å². The molecule has 1 heterocycles. The maximum Gasteiger partial charge on any atom is 0.0490 e. The number of H-pyrrole nitrogens is 1. The fourth-order valence-electron chi connectivity index (χ4n) is 2.76. The van der Waals surface area contributed by atoms with Crippen molar-refractivity contribution in [2.24, 2.45) is 11.8 Å². The topological polar surface area (TPSA) is 40.7 Å². The van der Waals surface area contributed by atoms with Gasteiger partial charge in [-0.05, 0) is 37.7 Å². The number of aromatic amines is 1. The Morgan fingerprint density at radius 3 is 3.12 bits per heavy atom. The van der Waals surface area contributed by atoms with Gasteiger partial charge in [-0.3, -0.25) is 5.10 Å². The summed E-state index contributed by atoms with van der Waals surface area (Å²) in [5, 5.41) is 10.6. The van der Waals surface area contributed by atoms with E-state index in [0.29, 0.717) is 6.04 Å². The third-order valence-corrected chi connectivity index (χ3v) is 3.86. The zero-order chi connectivity index (χ0) is 11.4. The first-order valence-corrected chi connectivity index (χ1v) is 6.47. The largest absolute Gasteiger partial charge is 0.308 e. The van der Waals surface area contributed by atoms with Crippen LogP contribution in [0.1, 0.15) is 45.2 Å². The first-order valence-electron chi connectivity index (χ1n) is 6.47. The van der Waals surface area contributed by atoms with Crippen molar-refractivity contribution in [3.05, 3.63) is 18.0 Å². The molecule has 2 rings (SSSR count). The van der Waals surface area contributed by atoms with Crippen molar-refractivity contribution in [1.29, 1.82) is 0 Å². The van der Waals surface area contributed by atoms with E-state index in [2.05, 4.69) is 29.4 Å². The summed E-state index contributed by atoms with van der Waals surface area (Å²) in [4.78, 5) is 0. The highest BCUT2D eigenvalue weighted by Crippen LogP contribution is 2.30. The van der Waals surface area contributed by atoms with Gasteiger partial charge in [-0.2, -0.15) is 5.10 Å². The monoisotopic (exact) mass is 221 g/mol. The Hall–Kier alpha value is -0.830. The molecule has 90 valence electrons. The number of hydrogen-bond acceptors (Lipinski definition) is 2. The third-order valence-electron chi connectivity index (χ3n) is 3.86. The van der Waals surface area contributed by atoms with Crippen molar-refractivity contribution >= 4 is 0 Å². The molecule has 1 aliphatic rings. The van der Waals surface area contributed by atoms with Gasteiger partial charge in [0.05, 0.1) is 0 Å². The minimum atomic E-state index is 0.617. The molecule has 1 saturated carbocycles. The average Bonchev–Trinajstić information content (AvgIpc) is 2.78. The lowest BCUT2D eigenvalue weighted by molar-refractivity contribution is 0.230. The van der Waals surface area contributed by atoms with Gasteiger partial charge >= 0.3 is 0 Å². The molecule has 3 heteroatoms. The molecule has 0 saturated heterocycles. The molecule has 1 aliphatic carbocycles. The van der Waals surface area contributed by atoms with Crippen LogP contribution in [0.3, 0.4) is 0 Å². The molecule has 1 fully saturated rings. The van der Waals surface area contributed by atoms with Gasteiger partial charge in [0.1, 0.15) is 0 Å². The summed E-state index contributed by atoms with van der Waals surface area (Å²) in [7, 11) is 0. The highest BCUT2D eigenvalue weighted by molar-refractivity contribution is 4.97. The highest BCUT2D eigenvalue weighted by Gasteiger charge is 2.23. The van der Waals surface area contributed by atoms with Crippen LogP contribution in [-0.4, -0.2) is 16.2 Å². The molecule has 0 bridgehead atoms. The number of nitrogens with one attached hydrogen (secondary N) is 2. The van der Waals surface area contributed by atoms with Gasteiger partial charge in [0, 0.05) is 24.5 Å². The summed E-state index contributed by atoms with van der Waals surface area (Å²) in [5.41, 5.74) is 1.18. The minimum absolute atomic E-state index is 0.617. The molecule has 1 aromatic heterocycles. The molecular formula is C13H23N3. The molecule has 0 amide bonds. The van der Waals surface area contributed by atoms with Crippen LogP contribution >= 0.6 is 0 Å². The Labute approximate surface area is 98.0 Å². The van der Waals surface area contributed by atoms with E-state index in [1.807, 2.05) is 12.3 Å². The van der Waals surface area contributed by atoms with Crippen LogP contribution in [-0.2, 0) is 6.54 Å². The normalized spacial score (nSPS) is 27.9. The van der Waals surface area contributed by atoms with Crippen LogP contribution in [0, 0.1) is 11.8 Å². The van der Waals surface area contributed by atoms with Gasteiger partial charge in [0.15, 0.2) is 0 Å². The molecule has 0 aromatic carbocycles. The van der Waals surface area contributed by atoms with E-state index in [-0.39, 0.29) is 0 Å². The molecule has 0 spiro atoms. The van der Waals surface area contributed by atoms with Crippen LogP contribution in [0.25, 0.3) is 0 Å². The summed E-state index contributed by atoms with van der Waals surface area (Å²) in [6.45, 7) is 5.61. The van der Waals surface area contributed by atoms with Crippen molar-refractivity contribution < 1.29 is 0 Å². The predicted molar refractivity (Wildman–Crippen MR) is 66.0 cm³/mol. The SMILES string of the molecule is CC1CCCC(C(C)NCc2ccn[nH]2)C1. The van der Waals surface area contributed by atoms with Crippen molar-refractivity contribution in [2.45, 2.75) is 52.1 Å². The van der Waals surface area contributed by atoms with Crippen LogP contribution in [0.4, 0.5) is 0 Å².